The number of rotatable bonds is 2. The van der Waals surface area contributed by atoms with Crippen LogP contribution in [-0.2, 0) is 0 Å². The van der Waals surface area contributed by atoms with E-state index in [1.165, 1.54) is 55.1 Å². The Morgan fingerprint density at radius 1 is 0.600 bits per heavy atom. The van der Waals surface area contributed by atoms with E-state index >= 15 is 0 Å². The van der Waals surface area contributed by atoms with Gasteiger partial charge in [0.05, 0.1) is 16.6 Å². The monoisotopic (exact) mass is 448 g/mol. The molecule has 2 aromatic heterocycles. The molecular weight excluding hydrogens is 424 g/mol. The van der Waals surface area contributed by atoms with E-state index in [1.54, 1.807) is 0 Å². The summed E-state index contributed by atoms with van der Waals surface area (Å²) in [4.78, 5) is 5.11. The molecule has 0 N–H and O–H groups in total. The number of hydrogen-bond acceptors (Lipinski definition) is 1. The molecule has 0 unspecified atom stereocenters. The molecular formula is C33H24N2. The van der Waals surface area contributed by atoms with Crippen LogP contribution in [0.1, 0.15) is 11.1 Å². The molecule has 35 heavy (non-hydrogen) atoms. The minimum atomic E-state index is 1.02. The first-order chi connectivity index (χ1) is 17.2. The van der Waals surface area contributed by atoms with E-state index in [9.17, 15) is 0 Å². The van der Waals surface area contributed by atoms with Gasteiger partial charge in [0, 0.05) is 16.2 Å². The number of aromatic nitrogens is 2. The maximum atomic E-state index is 5.11. The fourth-order valence-corrected chi connectivity index (χ4v) is 5.62. The second-order valence-corrected chi connectivity index (χ2v) is 9.41. The first kappa shape index (κ1) is 20.0. The van der Waals surface area contributed by atoms with Crippen molar-refractivity contribution in [1.29, 1.82) is 0 Å². The Morgan fingerprint density at radius 2 is 1.31 bits per heavy atom. The molecule has 2 nitrogen and oxygen atoms in total. The highest BCUT2D eigenvalue weighted by Gasteiger charge is 2.18. The third-order valence-electron chi connectivity index (χ3n) is 7.11. The van der Waals surface area contributed by atoms with Crippen molar-refractivity contribution >= 4 is 38.4 Å². The second kappa shape index (κ2) is 7.54. The maximum absolute atomic E-state index is 5.11. The molecule has 166 valence electrons. The molecule has 0 atom stereocenters. The van der Waals surface area contributed by atoms with Crippen molar-refractivity contribution in [3.05, 3.63) is 120 Å². The van der Waals surface area contributed by atoms with Crippen molar-refractivity contribution in [3.8, 4) is 22.3 Å². The summed E-state index contributed by atoms with van der Waals surface area (Å²) < 4.78 is 2.35. The molecule has 0 bridgehead atoms. The standard InChI is InChI=1S/C33H24N2/c1-21-19-22(2)32-28(20-21)31-26(25-17-15-24(16-18-25)23-9-4-3-5-10-23)11-8-12-27(31)33-34-29-13-6-7-14-30(29)35(32)33/h3-20H,1-2H3. The molecule has 0 aliphatic rings. The van der Waals surface area contributed by atoms with Crippen molar-refractivity contribution in [2.75, 3.05) is 0 Å². The lowest BCUT2D eigenvalue weighted by atomic mass is 9.93. The first-order valence-electron chi connectivity index (χ1n) is 12.1. The van der Waals surface area contributed by atoms with Gasteiger partial charge < -0.3 is 0 Å². The molecule has 0 spiro atoms. The van der Waals surface area contributed by atoms with Crippen LogP contribution in [0.3, 0.4) is 0 Å². The summed E-state index contributed by atoms with van der Waals surface area (Å²) in [6.45, 7) is 4.40. The normalized spacial score (nSPS) is 11.7. The number of para-hydroxylation sites is 2. The van der Waals surface area contributed by atoms with Gasteiger partial charge in [-0.05, 0) is 59.9 Å². The van der Waals surface area contributed by atoms with Crippen LogP contribution in [-0.4, -0.2) is 9.38 Å². The van der Waals surface area contributed by atoms with E-state index < -0.39 is 0 Å². The maximum Gasteiger partial charge on any atom is 0.146 e. The Kier molecular flexibility index (Phi) is 4.31. The van der Waals surface area contributed by atoms with E-state index in [2.05, 4.69) is 127 Å². The van der Waals surface area contributed by atoms with Gasteiger partial charge in [-0.1, -0.05) is 96.6 Å². The van der Waals surface area contributed by atoms with Gasteiger partial charge in [-0.15, -0.1) is 0 Å². The number of hydrogen-bond donors (Lipinski definition) is 0. The average molecular weight is 449 g/mol. The van der Waals surface area contributed by atoms with Crippen molar-refractivity contribution in [2.24, 2.45) is 0 Å². The van der Waals surface area contributed by atoms with Crippen molar-refractivity contribution in [2.45, 2.75) is 13.8 Å². The lowest BCUT2D eigenvalue weighted by Crippen LogP contribution is -1.96. The van der Waals surface area contributed by atoms with Gasteiger partial charge in [0.2, 0.25) is 0 Å². The van der Waals surface area contributed by atoms with Gasteiger partial charge >= 0.3 is 0 Å². The molecule has 0 radical (unpaired) electrons. The van der Waals surface area contributed by atoms with Gasteiger partial charge in [0.25, 0.3) is 0 Å². The van der Waals surface area contributed by atoms with Gasteiger partial charge in [0.15, 0.2) is 0 Å². The molecule has 7 aromatic rings. The van der Waals surface area contributed by atoms with Crippen LogP contribution in [0.4, 0.5) is 0 Å². The SMILES string of the molecule is Cc1cc(C)c2c(c1)c1c(-c3ccc(-c4ccccc4)cc3)cccc1c1nc3ccccc3n12. The molecule has 0 amide bonds. The van der Waals surface area contributed by atoms with Gasteiger partial charge in [-0.2, -0.15) is 0 Å². The molecule has 0 saturated heterocycles. The third kappa shape index (κ3) is 3.00. The molecule has 2 heterocycles. The number of benzene rings is 5. The predicted octanol–water partition coefficient (Wildman–Crippen LogP) is 8.74. The number of fused-ring (bicyclic) bond motifs is 8. The highest BCUT2D eigenvalue weighted by atomic mass is 15.0. The van der Waals surface area contributed by atoms with Crippen molar-refractivity contribution < 1.29 is 0 Å². The highest BCUT2D eigenvalue weighted by Crippen LogP contribution is 2.39. The molecule has 0 aliphatic heterocycles. The van der Waals surface area contributed by atoms with E-state index in [-0.39, 0.29) is 0 Å². The number of aryl methyl sites for hydroxylation is 2. The second-order valence-electron chi connectivity index (χ2n) is 9.41. The summed E-state index contributed by atoms with van der Waals surface area (Å²) in [5.74, 6) is 0. The molecule has 7 rings (SSSR count). The summed E-state index contributed by atoms with van der Waals surface area (Å²) in [5, 5.41) is 3.73. The van der Waals surface area contributed by atoms with Gasteiger partial charge in [0.1, 0.15) is 5.65 Å². The van der Waals surface area contributed by atoms with Crippen LogP contribution in [0.15, 0.2) is 109 Å². The first-order valence-corrected chi connectivity index (χ1v) is 12.1. The lowest BCUT2D eigenvalue weighted by Gasteiger charge is -2.16. The van der Waals surface area contributed by atoms with Gasteiger partial charge in [-0.25, -0.2) is 4.98 Å². The molecule has 5 aromatic carbocycles. The Bertz CT molecular complexity index is 1890. The molecule has 2 heteroatoms. The zero-order valence-corrected chi connectivity index (χ0v) is 19.8. The summed E-state index contributed by atoms with van der Waals surface area (Å²) in [6.07, 6.45) is 0. The zero-order chi connectivity index (χ0) is 23.5. The Hall–Kier alpha value is -4.43. The van der Waals surface area contributed by atoms with E-state index in [0.29, 0.717) is 0 Å². The Balaban J connectivity index is 1.59. The fourth-order valence-electron chi connectivity index (χ4n) is 5.62. The van der Waals surface area contributed by atoms with Crippen LogP contribution in [0.25, 0.3) is 60.6 Å². The third-order valence-corrected chi connectivity index (χ3v) is 7.11. The molecule has 0 aliphatic carbocycles. The van der Waals surface area contributed by atoms with Crippen LogP contribution >= 0.6 is 0 Å². The smallest absolute Gasteiger partial charge is 0.146 e. The largest absolute Gasteiger partial charge is 0.291 e. The average Bonchev–Trinajstić information content (AvgIpc) is 3.28. The quantitative estimate of drug-likeness (QED) is 0.242. The van der Waals surface area contributed by atoms with Crippen LogP contribution in [0, 0.1) is 13.8 Å². The lowest BCUT2D eigenvalue weighted by molar-refractivity contribution is 1.28. The summed E-state index contributed by atoms with van der Waals surface area (Å²) in [6, 6.07) is 39.2. The Labute approximate surface area is 204 Å². The summed E-state index contributed by atoms with van der Waals surface area (Å²) in [7, 11) is 0. The van der Waals surface area contributed by atoms with Crippen LogP contribution in [0.5, 0.6) is 0 Å². The fraction of sp³-hybridized carbons (Fsp3) is 0.0606. The van der Waals surface area contributed by atoms with Gasteiger partial charge in [-0.3, -0.25) is 4.40 Å². The van der Waals surface area contributed by atoms with E-state index in [4.69, 9.17) is 4.98 Å². The minimum Gasteiger partial charge on any atom is -0.291 e. The van der Waals surface area contributed by atoms with Crippen LogP contribution in [0.2, 0.25) is 0 Å². The number of imidazole rings is 1. The molecule has 0 fully saturated rings. The topological polar surface area (TPSA) is 17.3 Å². The predicted molar refractivity (Wildman–Crippen MR) is 148 cm³/mol. The van der Waals surface area contributed by atoms with Crippen molar-refractivity contribution in [1.82, 2.24) is 9.38 Å². The van der Waals surface area contributed by atoms with E-state index in [1.807, 2.05) is 0 Å². The van der Waals surface area contributed by atoms with Crippen LogP contribution < -0.4 is 0 Å². The number of nitrogens with zero attached hydrogens (tertiary/aromatic N) is 2. The highest BCUT2D eigenvalue weighted by molar-refractivity contribution is 6.19. The minimum absolute atomic E-state index is 1.02. The zero-order valence-electron chi connectivity index (χ0n) is 19.8. The van der Waals surface area contributed by atoms with Crippen molar-refractivity contribution in [3.63, 3.8) is 0 Å². The number of pyridine rings is 1. The summed E-state index contributed by atoms with van der Waals surface area (Å²) in [5.41, 5.74) is 11.9. The molecule has 0 saturated carbocycles. The van der Waals surface area contributed by atoms with E-state index in [0.717, 1.165) is 16.7 Å². The summed E-state index contributed by atoms with van der Waals surface area (Å²) >= 11 is 0. The Morgan fingerprint density at radius 3 is 2.14 bits per heavy atom.